The number of halogens is 1. The van der Waals surface area contributed by atoms with Crippen molar-refractivity contribution < 1.29 is 14.4 Å². The van der Waals surface area contributed by atoms with E-state index in [0.717, 1.165) is 23.3 Å². The van der Waals surface area contributed by atoms with Gasteiger partial charge >= 0.3 is 6.03 Å². The number of nitrogens with one attached hydrogen (secondary N) is 1. The van der Waals surface area contributed by atoms with Crippen molar-refractivity contribution in [3.05, 3.63) is 28.2 Å². The lowest BCUT2D eigenvalue weighted by Crippen LogP contribution is -2.63. The number of rotatable bonds is 1. The molecule has 0 radical (unpaired) electrons. The highest BCUT2D eigenvalue weighted by molar-refractivity contribution is 9.10. The van der Waals surface area contributed by atoms with Crippen LogP contribution in [0.25, 0.3) is 0 Å². The SMILES string of the molecule is Cc1ccc(N2C(=O)NC(=O)C3(CCCC3)C2=O)c(Br)c1. The standard InChI is InChI=1S/C15H15BrN2O3/c1-9-4-5-11(10(16)8-9)18-13(20)15(6-2-3-7-15)12(19)17-14(18)21/h4-5,8H,2-3,6-7H2,1H3,(H,17,19,21). The molecule has 1 N–H and O–H groups in total. The second-order valence-corrected chi connectivity index (χ2v) is 6.50. The van der Waals surface area contributed by atoms with Crippen LogP contribution in [0.3, 0.4) is 0 Å². The largest absolute Gasteiger partial charge is 0.335 e. The van der Waals surface area contributed by atoms with E-state index >= 15 is 0 Å². The third kappa shape index (κ3) is 2.09. The summed E-state index contributed by atoms with van der Waals surface area (Å²) in [7, 11) is 0. The predicted molar refractivity (Wildman–Crippen MR) is 80.8 cm³/mol. The normalized spacial score (nSPS) is 21.0. The number of barbiturate groups is 1. The van der Waals surface area contributed by atoms with Gasteiger partial charge in [0.15, 0.2) is 0 Å². The summed E-state index contributed by atoms with van der Waals surface area (Å²) in [5.41, 5.74) is 0.419. The molecule has 1 heterocycles. The van der Waals surface area contributed by atoms with Crippen molar-refractivity contribution >= 4 is 39.5 Å². The maximum absolute atomic E-state index is 12.8. The second kappa shape index (κ2) is 4.94. The maximum Gasteiger partial charge on any atom is 0.335 e. The molecule has 1 aromatic rings. The monoisotopic (exact) mass is 350 g/mol. The number of aryl methyl sites for hydroxylation is 1. The quantitative estimate of drug-likeness (QED) is 0.792. The summed E-state index contributed by atoms with van der Waals surface area (Å²) in [6.07, 6.45) is 2.67. The number of carbonyl (C=O) groups excluding carboxylic acids is 3. The Morgan fingerprint density at radius 3 is 2.48 bits per heavy atom. The van der Waals surface area contributed by atoms with Crippen molar-refractivity contribution in [1.82, 2.24) is 5.32 Å². The van der Waals surface area contributed by atoms with E-state index in [0.29, 0.717) is 23.0 Å². The molecule has 110 valence electrons. The Balaban J connectivity index is 2.07. The van der Waals surface area contributed by atoms with Gasteiger partial charge in [0.25, 0.3) is 5.91 Å². The summed E-state index contributed by atoms with van der Waals surface area (Å²) in [6, 6.07) is 4.72. The molecule has 1 saturated carbocycles. The molecule has 3 rings (SSSR count). The minimum absolute atomic E-state index is 0.404. The fraction of sp³-hybridized carbons (Fsp3) is 0.400. The number of urea groups is 1. The number of imide groups is 2. The van der Waals surface area contributed by atoms with Crippen LogP contribution in [0.5, 0.6) is 0 Å². The average Bonchev–Trinajstić information content (AvgIpc) is 2.90. The molecule has 6 heteroatoms. The summed E-state index contributed by atoms with van der Waals surface area (Å²) >= 11 is 3.39. The molecule has 2 fully saturated rings. The molecule has 2 aliphatic rings. The lowest BCUT2D eigenvalue weighted by Gasteiger charge is -2.37. The van der Waals surface area contributed by atoms with Gasteiger partial charge in [-0.05, 0) is 53.4 Å². The van der Waals surface area contributed by atoms with Crippen LogP contribution in [0.4, 0.5) is 10.5 Å². The molecule has 0 atom stereocenters. The lowest BCUT2D eigenvalue weighted by atomic mass is 9.82. The van der Waals surface area contributed by atoms with Crippen molar-refractivity contribution in [2.75, 3.05) is 4.90 Å². The summed E-state index contributed by atoms with van der Waals surface area (Å²) in [5, 5.41) is 2.34. The van der Waals surface area contributed by atoms with Crippen LogP contribution >= 0.6 is 15.9 Å². The van der Waals surface area contributed by atoms with Gasteiger partial charge in [-0.1, -0.05) is 18.9 Å². The van der Waals surface area contributed by atoms with Crippen LogP contribution in [0.15, 0.2) is 22.7 Å². The molecular formula is C15H15BrN2O3. The number of anilines is 1. The Morgan fingerprint density at radius 1 is 1.19 bits per heavy atom. The first kappa shape index (κ1) is 14.3. The van der Waals surface area contributed by atoms with Crippen LogP contribution in [-0.2, 0) is 9.59 Å². The Morgan fingerprint density at radius 2 is 1.86 bits per heavy atom. The van der Waals surface area contributed by atoms with E-state index in [1.165, 1.54) is 0 Å². The number of hydrogen-bond acceptors (Lipinski definition) is 3. The zero-order valence-corrected chi connectivity index (χ0v) is 13.2. The van der Waals surface area contributed by atoms with Crippen molar-refractivity contribution in [3.8, 4) is 0 Å². The van der Waals surface area contributed by atoms with Crippen LogP contribution in [-0.4, -0.2) is 17.8 Å². The molecule has 1 aliphatic carbocycles. The highest BCUT2D eigenvalue weighted by Crippen LogP contribution is 2.43. The molecule has 0 bridgehead atoms. The first-order chi connectivity index (χ1) is 9.95. The Bertz CT molecular complexity index is 650. The van der Waals surface area contributed by atoms with E-state index in [-0.39, 0.29) is 0 Å². The van der Waals surface area contributed by atoms with Crippen LogP contribution in [0, 0.1) is 12.3 Å². The molecule has 1 spiro atoms. The lowest BCUT2D eigenvalue weighted by molar-refractivity contribution is -0.142. The van der Waals surface area contributed by atoms with E-state index in [1.54, 1.807) is 6.07 Å². The molecular weight excluding hydrogens is 336 g/mol. The van der Waals surface area contributed by atoms with Gasteiger partial charge in [-0.25, -0.2) is 9.69 Å². The summed E-state index contributed by atoms with van der Waals surface area (Å²) in [6.45, 7) is 1.93. The molecule has 1 aliphatic heterocycles. The molecule has 0 aromatic heterocycles. The minimum Gasteiger partial charge on any atom is -0.276 e. The number of carbonyl (C=O) groups is 3. The van der Waals surface area contributed by atoms with Crippen LogP contribution in [0.2, 0.25) is 0 Å². The maximum atomic E-state index is 12.8. The van der Waals surface area contributed by atoms with E-state index in [4.69, 9.17) is 0 Å². The zero-order chi connectivity index (χ0) is 15.2. The first-order valence-electron chi connectivity index (χ1n) is 6.92. The zero-order valence-electron chi connectivity index (χ0n) is 11.6. The minimum atomic E-state index is -1.07. The van der Waals surface area contributed by atoms with Gasteiger partial charge in [0.2, 0.25) is 5.91 Å². The Labute approximate surface area is 130 Å². The summed E-state index contributed by atoms with van der Waals surface area (Å²) in [5.74, 6) is -0.854. The molecule has 1 aromatic carbocycles. The van der Waals surface area contributed by atoms with Crippen molar-refractivity contribution in [3.63, 3.8) is 0 Å². The fourth-order valence-corrected chi connectivity index (χ4v) is 3.78. The number of amides is 4. The fourth-order valence-electron chi connectivity index (χ4n) is 3.11. The predicted octanol–water partition coefficient (Wildman–Crippen LogP) is 2.90. The van der Waals surface area contributed by atoms with Gasteiger partial charge < -0.3 is 0 Å². The topological polar surface area (TPSA) is 66.5 Å². The highest BCUT2D eigenvalue weighted by Gasteiger charge is 2.55. The average molecular weight is 351 g/mol. The van der Waals surface area contributed by atoms with Crippen molar-refractivity contribution in [1.29, 1.82) is 0 Å². The third-order valence-electron chi connectivity index (χ3n) is 4.27. The Hall–Kier alpha value is -1.69. The van der Waals surface area contributed by atoms with Gasteiger partial charge in [-0.3, -0.25) is 14.9 Å². The van der Waals surface area contributed by atoms with Crippen LogP contribution in [0.1, 0.15) is 31.2 Å². The summed E-state index contributed by atoms with van der Waals surface area (Å²) < 4.78 is 0.661. The number of hydrogen-bond donors (Lipinski definition) is 1. The van der Waals surface area contributed by atoms with Crippen molar-refractivity contribution in [2.24, 2.45) is 5.41 Å². The molecule has 5 nitrogen and oxygen atoms in total. The molecule has 4 amide bonds. The third-order valence-corrected chi connectivity index (χ3v) is 4.91. The van der Waals surface area contributed by atoms with E-state index in [9.17, 15) is 14.4 Å². The van der Waals surface area contributed by atoms with E-state index in [1.807, 2.05) is 19.1 Å². The molecule has 21 heavy (non-hydrogen) atoms. The highest BCUT2D eigenvalue weighted by atomic mass is 79.9. The van der Waals surface area contributed by atoms with Crippen LogP contribution < -0.4 is 10.2 Å². The Kier molecular flexibility index (Phi) is 3.36. The van der Waals surface area contributed by atoms with Crippen molar-refractivity contribution in [2.45, 2.75) is 32.6 Å². The number of benzene rings is 1. The number of nitrogens with zero attached hydrogens (tertiary/aromatic N) is 1. The van der Waals surface area contributed by atoms with Gasteiger partial charge in [-0.15, -0.1) is 0 Å². The molecule has 1 saturated heterocycles. The van der Waals surface area contributed by atoms with E-state index < -0.39 is 23.3 Å². The van der Waals surface area contributed by atoms with Gasteiger partial charge in [0, 0.05) is 4.47 Å². The first-order valence-corrected chi connectivity index (χ1v) is 7.71. The van der Waals surface area contributed by atoms with E-state index in [2.05, 4.69) is 21.2 Å². The summed E-state index contributed by atoms with van der Waals surface area (Å²) in [4.78, 5) is 38.2. The van der Waals surface area contributed by atoms with Gasteiger partial charge in [0.1, 0.15) is 5.41 Å². The van der Waals surface area contributed by atoms with Gasteiger partial charge in [0.05, 0.1) is 5.69 Å². The smallest absolute Gasteiger partial charge is 0.276 e. The van der Waals surface area contributed by atoms with Gasteiger partial charge in [-0.2, -0.15) is 0 Å². The second-order valence-electron chi connectivity index (χ2n) is 5.64. The molecule has 0 unspecified atom stereocenters.